The molecule has 0 aromatic heterocycles. The molecule has 18 heavy (non-hydrogen) atoms. The van der Waals surface area contributed by atoms with Crippen LogP contribution >= 0.6 is 0 Å². The lowest BCUT2D eigenvalue weighted by molar-refractivity contribution is -0.138. The van der Waals surface area contributed by atoms with Gasteiger partial charge >= 0.3 is 0 Å². The fraction of sp³-hybridized carbons (Fsp3) is 0.533. The highest BCUT2D eigenvalue weighted by Crippen LogP contribution is 2.15. The van der Waals surface area contributed by atoms with Crippen molar-refractivity contribution < 1.29 is 4.79 Å². The molecule has 1 atom stereocenters. The van der Waals surface area contributed by atoms with Crippen LogP contribution in [-0.4, -0.2) is 35.5 Å². The summed E-state index contributed by atoms with van der Waals surface area (Å²) in [4.78, 5) is 14.1. The SMILES string of the molecule is CC1NC(C)(C)CN(CCc2ccccc2)C1=O. The molecular formula is C15H22N2O. The summed E-state index contributed by atoms with van der Waals surface area (Å²) in [6.07, 6.45) is 0.926. The number of carbonyl (C=O) groups excluding carboxylic acids is 1. The van der Waals surface area contributed by atoms with Crippen LogP contribution in [0, 0.1) is 0 Å². The van der Waals surface area contributed by atoms with E-state index in [0.717, 1.165) is 19.5 Å². The lowest BCUT2D eigenvalue weighted by atomic mass is 9.98. The van der Waals surface area contributed by atoms with Crippen LogP contribution in [-0.2, 0) is 11.2 Å². The molecule has 2 rings (SSSR count). The molecule has 1 amide bonds. The van der Waals surface area contributed by atoms with E-state index in [0.29, 0.717) is 0 Å². The molecule has 1 aromatic rings. The summed E-state index contributed by atoms with van der Waals surface area (Å²) in [7, 11) is 0. The molecule has 0 saturated carbocycles. The minimum atomic E-state index is -0.0791. The number of piperazine rings is 1. The van der Waals surface area contributed by atoms with Gasteiger partial charge in [0.15, 0.2) is 0 Å². The van der Waals surface area contributed by atoms with Crippen LogP contribution in [0.5, 0.6) is 0 Å². The van der Waals surface area contributed by atoms with Crippen LogP contribution in [0.3, 0.4) is 0 Å². The van der Waals surface area contributed by atoms with Crippen LogP contribution in [0.15, 0.2) is 30.3 Å². The molecule has 1 N–H and O–H groups in total. The second-order valence-corrected chi connectivity index (χ2v) is 5.75. The first-order chi connectivity index (χ1) is 8.48. The van der Waals surface area contributed by atoms with Gasteiger partial charge in [-0.2, -0.15) is 0 Å². The van der Waals surface area contributed by atoms with Gasteiger partial charge in [0.25, 0.3) is 0 Å². The third-order valence-corrected chi connectivity index (χ3v) is 3.39. The van der Waals surface area contributed by atoms with E-state index < -0.39 is 0 Å². The van der Waals surface area contributed by atoms with Crippen molar-refractivity contribution in [1.82, 2.24) is 10.2 Å². The summed E-state index contributed by atoms with van der Waals surface area (Å²) in [5, 5.41) is 3.34. The second kappa shape index (κ2) is 5.11. The van der Waals surface area contributed by atoms with E-state index in [-0.39, 0.29) is 17.5 Å². The number of amides is 1. The molecule has 1 fully saturated rings. The lowest BCUT2D eigenvalue weighted by Crippen LogP contribution is -2.64. The molecule has 0 spiro atoms. The lowest BCUT2D eigenvalue weighted by Gasteiger charge is -2.42. The van der Waals surface area contributed by atoms with Crippen molar-refractivity contribution in [3.63, 3.8) is 0 Å². The average molecular weight is 246 g/mol. The zero-order chi connectivity index (χ0) is 13.2. The Labute approximate surface area is 109 Å². The standard InChI is InChI=1S/C15H22N2O/c1-12-14(18)17(11-15(2,3)16-12)10-9-13-7-5-4-6-8-13/h4-8,12,16H,9-11H2,1-3H3. The highest BCUT2D eigenvalue weighted by Gasteiger charge is 2.34. The Hall–Kier alpha value is -1.35. The van der Waals surface area contributed by atoms with Crippen LogP contribution in [0.2, 0.25) is 0 Å². The van der Waals surface area contributed by atoms with E-state index in [1.807, 2.05) is 30.0 Å². The second-order valence-electron chi connectivity index (χ2n) is 5.75. The van der Waals surface area contributed by atoms with Crippen LogP contribution in [0.25, 0.3) is 0 Å². The molecule has 1 aliphatic heterocycles. The van der Waals surface area contributed by atoms with Crippen LogP contribution < -0.4 is 5.32 Å². The molecule has 0 aliphatic carbocycles. The summed E-state index contributed by atoms with van der Waals surface area (Å²) in [6.45, 7) is 7.82. The Balaban J connectivity index is 1.97. The molecule has 1 heterocycles. The van der Waals surface area contributed by atoms with Crippen molar-refractivity contribution >= 4 is 5.91 Å². The van der Waals surface area contributed by atoms with Crippen molar-refractivity contribution in [3.05, 3.63) is 35.9 Å². The van der Waals surface area contributed by atoms with Gasteiger partial charge < -0.3 is 4.90 Å². The van der Waals surface area contributed by atoms with Crippen molar-refractivity contribution in [2.45, 2.75) is 38.8 Å². The van der Waals surface area contributed by atoms with E-state index in [9.17, 15) is 4.79 Å². The number of rotatable bonds is 3. The maximum atomic E-state index is 12.1. The minimum absolute atomic E-state index is 0.00398. The fourth-order valence-electron chi connectivity index (χ4n) is 2.62. The minimum Gasteiger partial charge on any atom is -0.339 e. The van der Waals surface area contributed by atoms with Gasteiger partial charge in [0, 0.05) is 18.6 Å². The van der Waals surface area contributed by atoms with Crippen molar-refractivity contribution in [2.24, 2.45) is 0 Å². The summed E-state index contributed by atoms with van der Waals surface area (Å²) in [5.74, 6) is 0.213. The fourth-order valence-corrected chi connectivity index (χ4v) is 2.62. The van der Waals surface area contributed by atoms with Crippen LogP contribution in [0.1, 0.15) is 26.3 Å². The van der Waals surface area contributed by atoms with E-state index in [4.69, 9.17) is 0 Å². The highest BCUT2D eigenvalue weighted by atomic mass is 16.2. The maximum Gasteiger partial charge on any atom is 0.239 e. The normalized spacial score (nSPS) is 23.2. The molecule has 1 saturated heterocycles. The highest BCUT2D eigenvalue weighted by molar-refractivity contribution is 5.82. The van der Waals surface area contributed by atoms with Crippen molar-refractivity contribution in [2.75, 3.05) is 13.1 Å². The van der Waals surface area contributed by atoms with Gasteiger partial charge in [0.05, 0.1) is 6.04 Å². The zero-order valence-electron chi connectivity index (χ0n) is 11.4. The molecule has 1 aromatic carbocycles. The largest absolute Gasteiger partial charge is 0.339 e. The summed E-state index contributed by atoms with van der Waals surface area (Å²) in [5.41, 5.74) is 1.29. The third kappa shape index (κ3) is 3.10. The number of hydrogen-bond donors (Lipinski definition) is 1. The Morgan fingerprint density at radius 2 is 2.00 bits per heavy atom. The van der Waals surface area contributed by atoms with Gasteiger partial charge in [0.1, 0.15) is 0 Å². The predicted molar refractivity (Wildman–Crippen MR) is 73.4 cm³/mol. The predicted octanol–water partition coefficient (Wildman–Crippen LogP) is 1.83. The molecule has 1 unspecified atom stereocenters. The zero-order valence-corrected chi connectivity index (χ0v) is 11.4. The van der Waals surface area contributed by atoms with Gasteiger partial charge in [-0.25, -0.2) is 0 Å². The molecule has 1 aliphatic rings. The number of carbonyl (C=O) groups is 1. The van der Waals surface area contributed by atoms with Crippen molar-refractivity contribution in [3.8, 4) is 0 Å². The van der Waals surface area contributed by atoms with Gasteiger partial charge in [-0.3, -0.25) is 10.1 Å². The number of benzene rings is 1. The van der Waals surface area contributed by atoms with E-state index in [1.54, 1.807) is 0 Å². The maximum absolute atomic E-state index is 12.1. The Morgan fingerprint density at radius 1 is 1.33 bits per heavy atom. The quantitative estimate of drug-likeness (QED) is 0.882. The first kappa shape index (κ1) is 13.1. The molecule has 0 radical (unpaired) electrons. The summed E-state index contributed by atoms with van der Waals surface area (Å²) in [6, 6.07) is 10.3. The first-order valence-electron chi connectivity index (χ1n) is 6.58. The van der Waals surface area contributed by atoms with Crippen molar-refractivity contribution in [1.29, 1.82) is 0 Å². The van der Waals surface area contributed by atoms with E-state index >= 15 is 0 Å². The number of nitrogens with zero attached hydrogens (tertiary/aromatic N) is 1. The van der Waals surface area contributed by atoms with Gasteiger partial charge in [-0.1, -0.05) is 30.3 Å². The number of hydrogen-bond acceptors (Lipinski definition) is 2. The van der Waals surface area contributed by atoms with E-state index in [2.05, 4.69) is 31.3 Å². The molecule has 3 nitrogen and oxygen atoms in total. The van der Waals surface area contributed by atoms with Gasteiger partial charge in [-0.05, 0) is 32.8 Å². The number of nitrogens with one attached hydrogen (secondary N) is 1. The molecule has 3 heteroatoms. The first-order valence-corrected chi connectivity index (χ1v) is 6.58. The van der Waals surface area contributed by atoms with Gasteiger partial charge in [0.2, 0.25) is 5.91 Å². The Morgan fingerprint density at radius 3 is 2.67 bits per heavy atom. The van der Waals surface area contributed by atoms with E-state index in [1.165, 1.54) is 5.56 Å². The summed E-state index contributed by atoms with van der Waals surface area (Å²) < 4.78 is 0. The Bertz CT molecular complexity index is 414. The molecular weight excluding hydrogens is 224 g/mol. The average Bonchev–Trinajstić information content (AvgIpc) is 2.33. The molecule has 0 bridgehead atoms. The smallest absolute Gasteiger partial charge is 0.239 e. The van der Waals surface area contributed by atoms with Crippen LogP contribution in [0.4, 0.5) is 0 Å². The topological polar surface area (TPSA) is 32.3 Å². The summed E-state index contributed by atoms with van der Waals surface area (Å²) >= 11 is 0. The monoisotopic (exact) mass is 246 g/mol. The Kier molecular flexibility index (Phi) is 3.71. The molecule has 98 valence electrons. The third-order valence-electron chi connectivity index (χ3n) is 3.39. The van der Waals surface area contributed by atoms with Gasteiger partial charge in [-0.15, -0.1) is 0 Å².